The maximum atomic E-state index is 13.1. The van der Waals surface area contributed by atoms with E-state index in [1.807, 2.05) is 0 Å². The number of carbonyl (C=O) groups excluding carboxylic acids is 1. The Balaban J connectivity index is 1.15. The van der Waals surface area contributed by atoms with Crippen molar-refractivity contribution in [2.75, 3.05) is 32.7 Å². The van der Waals surface area contributed by atoms with Crippen LogP contribution in [0.1, 0.15) is 111 Å². The lowest BCUT2D eigenvalue weighted by molar-refractivity contribution is -0.134. The molecule has 1 saturated heterocycles. The van der Waals surface area contributed by atoms with Crippen molar-refractivity contribution in [3.63, 3.8) is 0 Å². The van der Waals surface area contributed by atoms with Gasteiger partial charge in [0.1, 0.15) is 0 Å². The topological polar surface area (TPSA) is 43.8 Å². The number of carbonyl (C=O) groups is 1. The third-order valence-electron chi connectivity index (χ3n) is 12.8. The first-order valence-corrected chi connectivity index (χ1v) is 15.9. The van der Waals surface area contributed by atoms with Gasteiger partial charge >= 0.3 is 0 Å². The number of nitrogens with zero attached hydrogens (tertiary/aromatic N) is 2. The highest BCUT2D eigenvalue weighted by Crippen LogP contribution is 2.68. The van der Waals surface area contributed by atoms with Crippen LogP contribution in [0.5, 0.6) is 0 Å². The van der Waals surface area contributed by atoms with Gasteiger partial charge in [-0.1, -0.05) is 34.1 Å². The van der Waals surface area contributed by atoms with E-state index in [-0.39, 0.29) is 6.10 Å². The first kappa shape index (κ1) is 27.0. The minimum atomic E-state index is -0.0437. The van der Waals surface area contributed by atoms with Gasteiger partial charge in [0.05, 0.1) is 6.10 Å². The third-order valence-corrected chi connectivity index (χ3v) is 12.8. The summed E-state index contributed by atoms with van der Waals surface area (Å²) in [6.45, 7) is 15.2. The number of hydrogen-bond donors (Lipinski definition) is 1. The van der Waals surface area contributed by atoms with Crippen molar-refractivity contribution in [3.05, 3.63) is 0 Å². The monoisotopic (exact) mass is 500 g/mol. The summed E-state index contributed by atoms with van der Waals surface area (Å²) in [5.74, 6) is 5.29. The minimum absolute atomic E-state index is 0.0437. The van der Waals surface area contributed by atoms with E-state index < -0.39 is 0 Å². The van der Waals surface area contributed by atoms with Gasteiger partial charge in [-0.25, -0.2) is 0 Å². The molecule has 1 heterocycles. The molecule has 1 aliphatic heterocycles. The molecule has 4 heteroatoms. The van der Waals surface area contributed by atoms with Crippen LogP contribution in [0.3, 0.4) is 0 Å². The Kier molecular flexibility index (Phi) is 8.15. The number of unbranched alkanes of at least 4 members (excludes halogenated alkanes) is 1. The second kappa shape index (κ2) is 10.9. The predicted molar refractivity (Wildman–Crippen MR) is 148 cm³/mol. The van der Waals surface area contributed by atoms with Crippen LogP contribution in [-0.4, -0.2) is 59.6 Å². The molecule has 1 N–H and O–H groups in total. The molecule has 4 nitrogen and oxygen atoms in total. The summed E-state index contributed by atoms with van der Waals surface area (Å²) < 4.78 is 0. The Labute approximate surface area is 221 Å². The van der Waals surface area contributed by atoms with Gasteiger partial charge in [0.25, 0.3) is 0 Å². The highest BCUT2D eigenvalue weighted by Gasteiger charge is 2.60. The molecule has 6 unspecified atom stereocenters. The van der Waals surface area contributed by atoms with Crippen molar-refractivity contribution in [1.82, 2.24) is 9.80 Å². The summed E-state index contributed by atoms with van der Waals surface area (Å²) in [6.07, 6.45) is 16.0. The number of aliphatic hydroxyl groups excluding tert-OH is 1. The van der Waals surface area contributed by atoms with Crippen molar-refractivity contribution in [2.45, 2.75) is 117 Å². The molecule has 0 bridgehead atoms. The van der Waals surface area contributed by atoms with E-state index >= 15 is 0 Å². The molecule has 0 aromatic carbocycles. The molecule has 0 aromatic heterocycles. The lowest BCUT2D eigenvalue weighted by atomic mass is 9.44. The van der Waals surface area contributed by atoms with Crippen molar-refractivity contribution in [2.24, 2.45) is 46.3 Å². The first-order valence-electron chi connectivity index (χ1n) is 15.9. The van der Waals surface area contributed by atoms with Crippen LogP contribution in [-0.2, 0) is 4.79 Å². The van der Waals surface area contributed by atoms with E-state index in [0.717, 1.165) is 81.5 Å². The standard InChI is InChI=1S/C32H56N2O2/c1-5-6-17-33-18-20-34(21-19-33)30(36)12-7-23(2)27-10-11-28-26-9-8-24-22-25(35)13-15-31(24,3)29(26)14-16-32(27,28)4/h23-29,35H,5-22H2,1-4H3/t23?,24?,25-,26?,27?,28?,29?,31+,32-/m1/s1. The van der Waals surface area contributed by atoms with Crippen LogP contribution in [0.2, 0.25) is 0 Å². The van der Waals surface area contributed by atoms with Crippen LogP contribution in [0.4, 0.5) is 0 Å². The molecular weight excluding hydrogens is 444 g/mol. The van der Waals surface area contributed by atoms with E-state index in [1.54, 1.807) is 0 Å². The highest BCUT2D eigenvalue weighted by molar-refractivity contribution is 5.76. The van der Waals surface area contributed by atoms with Crippen LogP contribution in [0.15, 0.2) is 0 Å². The Morgan fingerprint density at radius 2 is 1.67 bits per heavy atom. The van der Waals surface area contributed by atoms with Crippen molar-refractivity contribution >= 4 is 5.91 Å². The molecule has 36 heavy (non-hydrogen) atoms. The summed E-state index contributed by atoms with van der Waals surface area (Å²) >= 11 is 0. The van der Waals surface area contributed by atoms with Gasteiger partial charge in [0.15, 0.2) is 0 Å². The quantitative estimate of drug-likeness (QED) is 0.442. The molecule has 9 atom stereocenters. The average Bonchev–Trinajstić information content (AvgIpc) is 3.24. The molecule has 1 amide bonds. The SMILES string of the molecule is CCCCN1CCN(C(=O)CCC(C)C2CCC3C4CCC5C[C@H](O)CC[C@]5(C)C4CC[C@]23C)CC1. The van der Waals surface area contributed by atoms with Gasteiger partial charge in [0, 0.05) is 32.6 Å². The van der Waals surface area contributed by atoms with Crippen LogP contribution < -0.4 is 0 Å². The molecule has 0 aromatic rings. The zero-order valence-electron chi connectivity index (χ0n) is 24.0. The van der Waals surface area contributed by atoms with E-state index in [2.05, 4.69) is 37.5 Å². The van der Waals surface area contributed by atoms with E-state index in [4.69, 9.17) is 0 Å². The van der Waals surface area contributed by atoms with Crippen molar-refractivity contribution in [1.29, 1.82) is 0 Å². The second-order valence-corrected chi connectivity index (χ2v) is 14.4. The Hall–Kier alpha value is -0.610. The molecule has 206 valence electrons. The minimum Gasteiger partial charge on any atom is -0.393 e. The Morgan fingerprint density at radius 1 is 0.944 bits per heavy atom. The number of hydrogen-bond acceptors (Lipinski definition) is 3. The maximum Gasteiger partial charge on any atom is 0.222 e. The van der Waals surface area contributed by atoms with E-state index in [0.29, 0.717) is 22.7 Å². The number of aliphatic hydroxyl groups is 1. The third kappa shape index (κ3) is 4.92. The normalized spacial score (nSPS) is 44.0. The van der Waals surface area contributed by atoms with Crippen LogP contribution >= 0.6 is 0 Å². The highest BCUT2D eigenvalue weighted by atomic mass is 16.3. The maximum absolute atomic E-state index is 13.1. The van der Waals surface area contributed by atoms with Crippen LogP contribution in [0.25, 0.3) is 0 Å². The van der Waals surface area contributed by atoms with Gasteiger partial charge in [0.2, 0.25) is 5.91 Å². The molecule has 5 aliphatic rings. The fourth-order valence-electron chi connectivity index (χ4n) is 10.5. The molecule has 4 saturated carbocycles. The Bertz CT molecular complexity index is 763. The van der Waals surface area contributed by atoms with Crippen molar-refractivity contribution in [3.8, 4) is 0 Å². The van der Waals surface area contributed by atoms with Crippen LogP contribution in [0, 0.1) is 46.3 Å². The molecule has 4 aliphatic carbocycles. The first-order chi connectivity index (χ1) is 17.3. The average molecular weight is 501 g/mol. The van der Waals surface area contributed by atoms with Gasteiger partial charge in [-0.3, -0.25) is 9.69 Å². The zero-order chi connectivity index (χ0) is 25.5. The van der Waals surface area contributed by atoms with E-state index in [1.165, 1.54) is 64.3 Å². The fourth-order valence-corrected chi connectivity index (χ4v) is 10.5. The smallest absolute Gasteiger partial charge is 0.222 e. The number of amides is 1. The largest absolute Gasteiger partial charge is 0.393 e. The number of piperazine rings is 1. The summed E-state index contributed by atoms with van der Waals surface area (Å²) in [7, 11) is 0. The Morgan fingerprint density at radius 3 is 2.42 bits per heavy atom. The number of rotatable bonds is 7. The summed E-state index contributed by atoms with van der Waals surface area (Å²) in [5, 5.41) is 10.3. The fraction of sp³-hybridized carbons (Fsp3) is 0.969. The summed E-state index contributed by atoms with van der Waals surface area (Å²) in [4.78, 5) is 17.8. The zero-order valence-corrected chi connectivity index (χ0v) is 24.0. The molecule has 5 rings (SSSR count). The lowest BCUT2D eigenvalue weighted by Crippen LogP contribution is -2.54. The predicted octanol–water partition coefficient (Wildman–Crippen LogP) is 6.37. The van der Waals surface area contributed by atoms with Gasteiger partial charge in [-0.05, 0) is 124 Å². The summed E-state index contributed by atoms with van der Waals surface area (Å²) in [5.41, 5.74) is 0.950. The second-order valence-electron chi connectivity index (χ2n) is 14.4. The molecule has 0 radical (unpaired) electrons. The molecule has 5 fully saturated rings. The molecular formula is C32H56N2O2. The van der Waals surface area contributed by atoms with Gasteiger partial charge < -0.3 is 10.0 Å². The van der Waals surface area contributed by atoms with Gasteiger partial charge in [-0.15, -0.1) is 0 Å². The van der Waals surface area contributed by atoms with Crippen molar-refractivity contribution < 1.29 is 9.90 Å². The number of fused-ring (bicyclic) bond motifs is 5. The summed E-state index contributed by atoms with van der Waals surface area (Å²) in [6, 6.07) is 0. The lowest BCUT2D eigenvalue weighted by Gasteiger charge is -2.61. The van der Waals surface area contributed by atoms with E-state index in [9.17, 15) is 9.90 Å². The molecule has 0 spiro atoms. The van der Waals surface area contributed by atoms with Gasteiger partial charge in [-0.2, -0.15) is 0 Å².